The molecule has 0 saturated heterocycles. The molecule has 0 bridgehead atoms. The minimum absolute atomic E-state index is 0.0788. The average Bonchev–Trinajstić information content (AvgIpc) is 2.39. The molecule has 0 aliphatic rings. The number of aryl methyl sites for hydroxylation is 1. The second-order valence-corrected chi connectivity index (χ2v) is 4.33. The molecule has 0 radical (unpaired) electrons. The third-order valence-corrected chi connectivity index (χ3v) is 2.84. The van der Waals surface area contributed by atoms with Gasteiger partial charge >= 0.3 is 0 Å². The van der Waals surface area contributed by atoms with Gasteiger partial charge in [-0.2, -0.15) is 0 Å². The van der Waals surface area contributed by atoms with Gasteiger partial charge in [0.2, 0.25) is 0 Å². The Morgan fingerprint density at radius 2 is 1.78 bits per heavy atom. The number of phenolic OH excluding ortho intramolecular Hbond substituents is 1. The van der Waals surface area contributed by atoms with Crippen molar-refractivity contribution in [1.29, 1.82) is 0 Å². The highest BCUT2D eigenvalue weighted by Crippen LogP contribution is 2.17. The van der Waals surface area contributed by atoms with Crippen molar-refractivity contribution in [3.63, 3.8) is 0 Å². The van der Waals surface area contributed by atoms with Gasteiger partial charge in [-0.25, -0.2) is 9.97 Å². The summed E-state index contributed by atoms with van der Waals surface area (Å²) in [7, 11) is 1.90. The van der Waals surface area contributed by atoms with Crippen LogP contribution in [-0.2, 0) is 6.42 Å². The summed E-state index contributed by atoms with van der Waals surface area (Å²) in [4.78, 5) is 8.68. The van der Waals surface area contributed by atoms with Crippen LogP contribution in [0.1, 0.15) is 23.0 Å². The van der Waals surface area contributed by atoms with Gasteiger partial charge in [0.25, 0.3) is 0 Å². The molecule has 4 heteroatoms. The van der Waals surface area contributed by atoms with E-state index in [9.17, 15) is 5.11 Å². The molecule has 1 atom stereocenters. The number of aromatic hydroxyl groups is 1. The molecule has 2 aromatic rings. The predicted molar refractivity (Wildman–Crippen MR) is 70.4 cm³/mol. The van der Waals surface area contributed by atoms with Crippen molar-refractivity contribution in [2.24, 2.45) is 0 Å². The maximum absolute atomic E-state index is 9.26. The van der Waals surface area contributed by atoms with Crippen molar-refractivity contribution >= 4 is 0 Å². The molecule has 4 nitrogen and oxygen atoms in total. The lowest BCUT2D eigenvalue weighted by molar-refractivity contribution is 0.474. The van der Waals surface area contributed by atoms with Crippen LogP contribution in [-0.4, -0.2) is 22.1 Å². The van der Waals surface area contributed by atoms with Crippen LogP contribution < -0.4 is 5.32 Å². The Hall–Kier alpha value is -1.94. The maximum atomic E-state index is 9.26. The Balaban J connectivity index is 2.14. The molecule has 1 aromatic heterocycles. The Kier molecular flexibility index (Phi) is 3.89. The highest BCUT2D eigenvalue weighted by Gasteiger charge is 2.12. The Morgan fingerprint density at radius 3 is 2.33 bits per heavy atom. The van der Waals surface area contributed by atoms with Crippen LogP contribution in [0.4, 0.5) is 0 Å². The number of rotatable bonds is 4. The summed E-state index contributed by atoms with van der Waals surface area (Å²) in [5, 5.41) is 12.5. The van der Waals surface area contributed by atoms with E-state index in [0.29, 0.717) is 0 Å². The first-order chi connectivity index (χ1) is 8.69. The summed E-state index contributed by atoms with van der Waals surface area (Å²) in [6, 6.07) is 7.29. The molecule has 1 unspecified atom stereocenters. The van der Waals surface area contributed by atoms with Gasteiger partial charge in [0, 0.05) is 12.4 Å². The number of phenols is 1. The summed E-state index contributed by atoms with van der Waals surface area (Å²) in [5.74, 6) is 1.07. The van der Waals surface area contributed by atoms with Crippen molar-refractivity contribution in [2.45, 2.75) is 19.4 Å². The average molecular weight is 243 g/mol. The Labute approximate surface area is 107 Å². The van der Waals surface area contributed by atoms with Crippen molar-refractivity contribution in [1.82, 2.24) is 15.3 Å². The third-order valence-electron chi connectivity index (χ3n) is 2.84. The van der Waals surface area contributed by atoms with E-state index < -0.39 is 0 Å². The molecule has 0 aliphatic heterocycles. The lowest BCUT2D eigenvalue weighted by Crippen LogP contribution is -2.21. The first-order valence-corrected chi connectivity index (χ1v) is 5.93. The summed E-state index contributed by atoms with van der Waals surface area (Å²) < 4.78 is 0. The van der Waals surface area contributed by atoms with Gasteiger partial charge < -0.3 is 10.4 Å². The first kappa shape index (κ1) is 12.5. The minimum atomic E-state index is 0.0788. The molecule has 1 aromatic carbocycles. The second kappa shape index (κ2) is 5.60. The zero-order valence-electron chi connectivity index (χ0n) is 10.6. The predicted octanol–water partition coefficient (Wildman–Crippen LogP) is 1.99. The van der Waals surface area contributed by atoms with Crippen LogP contribution in [0.2, 0.25) is 0 Å². The van der Waals surface area contributed by atoms with E-state index in [1.165, 1.54) is 0 Å². The zero-order chi connectivity index (χ0) is 13.0. The fraction of sp³-hybridized carbons (Fsp3) is 0.286. The molecule has 94 valence electrons. The number of hydrogen-bond donors (Lipinski definition) is 2. The van der Waals surface area contributed by atoms with Crippen molar-refractivity contribution < 1.29 is 5.11 Å². The summed E-state index contributed by atoms with van der Waals surface area (Å²) >= 11 is 0. The smallest absolute Gasteiger partial charge is 0.145 e. The van der Waals surface area contributed by atoms with Gasteiger partial charge in [-0.3, -0.25) is 0 Å². The summed E-state index contributed by atoms with van der Waals surface area (Å²) in [6.45, 7) is 1.97. The molecule has 0 saturated carbocycles. The maximum Gasteiger partial charge on any atom is 0.145 e. The van der Waals surface area contributed by atoms with E-state index in [-0.39, 0.29) is 11.8 Å². The molecule has 1 heterocycles. The van der Waals surface area contributed by atoms with Crippen LogP contribution >= 0.6 is 0 Å². The lowest BCUT2D eigenvalue weighted by Gasteiger charge is -2.14. The van der Waals surface area contributed by atoms with Gasteiger partial charge in [-0.15, -0.1) is 0 Å². The minimum Gasteiger partial charge on any atom is -0.508 e. The van der Waals surface area contributed by atoms with Crippen LogP contribution in [0.5, 0.6) is 5.75 Å². The monoisotopic (exact) mass is 243 g/mol. The fourth-order valence-corrected chi connectivity index (χ4v) is 1.77. The quantitative estimate of drug-likeness (QED) is 0.862. The van der Waals surface area contributed by atoms with E-state index in [0.717, 1.165) is 23.4 Å². The SMILES string of the molecule is CNC(Cc1ccc(O)cc1)c1ncc(C)cn1. The van der Waals surface area contributed by atoms with Gasteiger partial charge in [0.1, 0.15) is 11.6 Å². The molecular weight excluding hydrogens is 226 g/mol. The summed E-state index contributed by atoms with van der Waals surface area (Å²) in [6.07, 6.45) is 4.44. The Bertz CT molecular complexity index is 493. The molecule has 2 N–H and O–H groups in total. The number of benzene rings is 1. The molecule has 2 rings (SSSR count). The first-order valence-electron chi connectivity index (χ1n) is 5.93. The van der Waals surface area contributed by atoms with Crippen LogP contribution in [0, 0.1) is 6.92 Å². The third kappa shape index (κ3) is 3.05. The topological polar surface area (TPSA) is 58.0 Å². The summed E-state index contributed by atoms with van der Waals surface area (Å²) in [5.41, 5.74) is 2.19. The van der Waals surface area contributed by atoms with Gasteiger partial charge in [-0.05, 0) is 43.7 Å². The van der Waals surface area contributed by atoms with Crippen molar-refractivity contribution in [3.05, 3.63) is 53.6 Å². The number of aromatic nitrogens is 2. The highest BCUT2D eigenvalue weighted by molar-refractivity contribution is 5.27. The number of likely N-dealkylation sites (N-methyl/N-ethyl adjacent to an activating group) is 1. The molecule has 0 aliphatic carbocycles. The lowest BCUT2D eigenvalue weighted by atomic mass is 10.1. The molecule has 0 amide bonds. The van der Waals surface area contributed by atoms with Crippen LogP contribution in [0.15, 0.2) is 36.7 Å². The van der Waals surface area contributed by atoms with E-state index in [1.54, 1.807) is 12.1 Å². The molecular formula is C14H17N3O. The fourth-order valence-electron chi connectivity index (χ4n) is 1.77. The number of hydrogen-bond acceptors (Lipinski definition) is 4. The van der Waals surface area contributed by atoms with Crippen molar-refractivity contribution in [3.8, 4) is 5.75 Å². The number of nitrogens with zero attached hydrogens (tertiary/aromatic N) is 2. The van der Waals surface area contributed by atoms with Crippen LogP contribution in [0.25, 0.3) is 0 Å². The van der Waals surface area contributed by atoms with E-state index >= 15 is 0 Å². The van der Waals surface area contributed by atoms with Gasteiger partial charge in [0.05, 0.1) is 6.04 Å². The molecule has 18 heavy (non-hydrogen) atoms. The normalized spacial score (nSPS) is 12.3. The van der Waals surface area contributed by atoms with E-state index in [2.05, 4.69) is 15.3 Å². The van der Waals surface area contributed by atoms with Crippen LogP contribution in [0.3, 0.4) is 0 Å². The zero-order valence-corrected chi connectivity index (χ0v) is 10.6. The van der Waals surface area contributed by atoms with Gasteiger partial charge in [0.15, 0.2) is 0 Å². The second-order valence-electron chi connectivity index (χ2n) is 4.33. The van der Waals surface area contributed by atoms with E-state index in [4.69, 9.17) is 0 Å². The number of nitrogens with one attached hydrogen (secondary N) is 1. The standard InChI is InChI=1S/C14H17N3O/c1-10-8-16-14(17-9-10)13(15-2)7-11-3-5-12(18)6-4-11/h3-6,8-9,13,15,18H,7H2,1-2H3. The largest absolute Gasteiger partial charge is 0.508 e. The Morgan fingerprint density at radius 1 is 1.17 bits per heavy atom. The molecule has 0 fully saturated rings. The van der Waals surface area contributed by atoms with E-state index in [1.807, 2.05) is 38.5 Å². The van der Waals surface area contributed by atoms with Gasteiger partial charge in [-0.1, -0.05) is 12.1 Å². The molecule has 0 spiro atoms. The highest BCUT2D eigenvalue weighted by atomic mass is 16.3. The van der Waals surface area contributed by atoms with Crippen molar-refractivity contribution in [2.75, 3.05) is 7.05 Å².